The maximum absolute atomic E-state index is 13.3. The highest BCUT2D eigenvalue weighted by Gasteiger charge is 2.47. The monoisotopic (exact) mass is 409 g/mol. The Kier molecular flexibility index (Phi) is 5.62. The van der Waals surface area contributed by atoms with Gasteiger partial charge in [-0.2, -0.15) is 4.98 Å². The maximum Gasteiger partial charge on any atom is 0.223 e. The fourth-order valence-corrected chi connectivity index (χ4v) is 4.46. The Morgan fingerprint density at radius 1 is 1.30 bits per heavy atom. The third-order valence-corrected chi connectivity index (χ3v) is 5.57. The molecule has 0 bridgehead atoms. The van der Waals surface area contributed by atoms with Crippen LogP contribution >= 0.6 is 0 Å². The van der Waals surface area contributed by atoms with Crippen molar-refractivity contribution in [1.29, 1.82) is 0 Å². The fraction of sp³-hybridized carbons (Fsp3) is 0.500. The SMILES string of the molecule is Cc1nc(C2=C(COCCN)N=C3CC(C)(C)CC(=O)C3C2c2cccnc2)no1. The molecule has 0 saturated heterocycles. The first kappa shape index (κ1) is 20.6. The van der Waals surface area contributed by atoms with Crippen LogP contribution in [0.1, 0.15) is 49.9 Å². The second-order valence-corrected chi connectivity index (χ2v) is 8.67. The molecule has 1 aliphatic heterocycles. The lowest BCUT2D eigenvalue weighted by atomic mass is 9.63. The molecule has 2 aromatic heterocycles. The lowest BCUT2D eigenvalue weighted by Gasteiger charge is -2.41. The molecule has 4 rings (SSSR count). The van der Waals surface area contributed by atoms with E-state index >= 15 is 0 Å². The van der Waals surface area contributed by atoms with Crippen LogP contribution in [0.25, 0.3) is 5.57 Å². The summed E-state index contributed by atoms with van der Waals surface area (Å²) in [5.74, 6) is 0.416. The number of nitrogens with two attached hydrogens (primary N) is 1. The Morgan fingerprint density at radius 3 is 2.80 bits per heavy atom. The van der Waals surface area contributed by atoms with Gasteiger partial charge in [-0.05, 0) is 23.5 Å². The number of nitrogens with zero attached hydrogens (tertiary/aromatic N) is 4. The number of aromatic nitrogens is 3. The van der Waals surface area contributed by atoms with Crippen LogP contribution in [0.15, 0.2) is 39.7 Å². The first-order chi connectivity index (χ1) is 14.4. The van der Waals surface area contributed by atoms with Crippen LogP contribution in [0.2, 0.25) is 0 Å². The number of allylic oxidation sites excluding steroid dienone is 1. The zero-order valence-corrected chi connectivity index (χ0v) is 17.6. The summed E-state index contributed by atoms with van der Waals surface area (Å²) in [6.45, 7) is 7.05. The van der Waals surface area contributed by atoms with Crippen molar-refractivity contribution < 1.29 is 14.1 Å². The number of ketones is 1. The van der Waals surface area contributed by atoms with Gasteiger partial charge in [0.2, 0.25) is 11.7 Å². The van der Waals surface area contributed by atoms with E-state index in [4.69, 9.17) is 20.0 Å². The van der Waals surface area contributed by atoms with Crippen LogP contribution in [0.5, 0.6) is 0 Å². The first-order valence-corrected chi connectivity index (χ1v) is 10.2. The van der Waals surface area contributed by atoms with Gasteiger partial charge in [-0.25, -0.2) is 0 Å². The highest BCUT2D eigenvalue weighted by Crippen LogP contribution is 2.49. The maximum atomic E-state index is 13.3. The van der Waals surface area contributed by atoms with Gasteiger partial charge in [-0.3, -0.25) is 14.8 Å². The molecule has 2 atom stereocenters. The number of Topliss-reactive ketones (excluding diaryl/α,β-unsaturated/α-hetero) is 1. The van der Waals surface area contributed by atoms with Gasteiger partial charge < -0.3 is 15.0 Å². The number of hydrogen-bond acceptors (Lipinski definition) is 8. The number of fused-ring (bicyclic) bond motifs is 1. The Morgan fingerprint density at radius 2 is 2.13 bits per heavy atom. The van der Waals surface area contributed by atoms with E-state index in [0.29, 0.717) is 31.3 Å². The standard InChI is InChI=1S/C22H27N5O3/c1-13-25-21(27-30-13)20-16(12-29-8-6-23)26-15-9-22(2,3)10-17(28)19(15)18(20)14-5-4-7-24-11-14/h4-5,7,11,18-19H,6,8-10,12,23H2,1-3H3. The molecule has 8 heteroatoms. The molecule has 1 saturated carbocycles. The molecule has 2 aromatic rings. The summed E-state index contributed by atoms with van der Waals surface area (Å²) < 4.78 is 11.0. The van der Waals surface area contributed by atoms with Crippen molar-refractivity contribution in [2.75, 3.05) is 19.8 Å². The Balaban J connectivity index is 1.90. The lowest BCUT2D eigenvalue weighted by Crippen LogP contribution is -2.43. The average Bonchev–Trinajstić information content (AvgIpc) is 3.12. The first-order valence-electron chi connectivity index (χ1n) is 10.2. The highest BCUT2D eigenvalue weighted by molar-refractivity contribution is 6.12. The van der Waals surface area contributed by atoms with Crippen molar-refractivity contribution in [2.45, 2.75) is 39.5 Å². The van der Waals surface area contributed by atoms with Crippen molar-refractivity contribution in [3.8, 4) is 0 Å². The van der Waals surface area contributed by atoms with Crippen molar-refractivity contribution in [1.82, 2.24) is 15.1 Å². The summed E-state index contributed by atoms with van der Waals surface area (Å²) in [6.07, 6.45) is 4.77. The van der Waals surface area contributed by atoms with E-state index in [1.165, 1.54) is 0 Å². The lowest BCUT2D eigenvalue weighted by molar-refractivity contribution is -0.124. The molecule has 0 amide bonds. The quantitative estimate of drug-likeness (QED) is 0.729. The number of aryl methyl sites for hydroxylation is 1. The number of ether oxygens (including phenoxy) is 1. The number of carbonyl (C=O) groups excluding carboxylic acids is 1. The van der Waals surface area contributed by atoms with Gasteiger partial charge in [0, 0.05) is 49.5 Å². The number of carbonyl (C=O) groups is 1. The molecular weight excluding hydrogens is 382 g/mol. The number of rotatable bonds is 6. The average molecular weight is 409 g/mol. The van der Waals surface area contributed by atoms with Crippen molar-refractivity contribution >= 4 is 17.1 Å². The van der Waals surface area contributed by atoms with E-state index in [-0.39, 0.29) is 29.6 Å². The van der Waals surface area contributed by atoms with Gasteiger partial charge in [0.25, 0.3) is 0 Å². The molecular formula is C22H27N5O3. The summed E-state index contributed by atoms with van der Waals surface area (Å²) in [7, 11) is 0. The van der Waals surface area contributed by atoms with Crippen LogP contribution in [0, 0.1) is 18.3 Å². The van der Waals surface area contributed by atoms with Crippen molar-refractivity contribution in [2.24, 2.45) is 22.1 Å². The van der Waals surface area contributed by atoms with Crippen molar-refractivity contribution in [3.63, 3.8) is 0 Å². The van der Waals surface area contributed by atoms with E-state index in [1.54, 1.807) is 19.3 Å². The van der Waals surface area contributed by atoms with E-state index in [0.717, 1.165) is 29.0 Å². The highest BCUT2D eigenvalue weighted by atomic mass is 16.5. The van der Waals surface area contributed by atoms with Crippen LogP contribution in [0.4, 0.5) is 0 Å². The largest absolute Gasteiger partial charge is 0.374 e. The second kappa shape index (κ2) is 8.20. The minimum atomic E-state index is -0.366. The Bertz CT molecular complexity index is 993. The summed E-state index contributed by atoms with van der Waals surface area (Å²) in [6, 6.07) is 3.86. The van der Waals surface area contributed by atoms with Gasteiger partial charge in [-0.1, -0.05) is 25.1 Å². The molecule has 2 aliphatic rings. The Labute approximate surface area is 175 Å². The van der Waals surface area contributed by atoms with Crippen molar-refractivity contribution in [3.05, 3.63) is 47.5 Å². The molecule has 1 aliphatic carbocycles. The van der Waals surface area contributed by atoms with Gasteiger partial charge >= 0.3 is 0 Å². The zero-order chi connectivity index (χ0) is 21.3. The molecule has 0 spiro atoms. The summed E-state index contributed by atoms with van der Waals surface area (Å²) in [5.41, 5.74) is 8.77. The van der Waals surface area contributed by atoms with Gasteiger partial charge in [0.15, 0.2) is 0 Å². The topological polar surface area (TPSA) is 116 Å². The van der Waals surface area contributed by atoms with Crippen LogP contribution in [-0.4, -0.2) is 46.4 Å². The van der Waals surface area contributed by atoms with E-state index in [2.05, 4.69) is 29.0 Å². The smallest absolute Gasteiger partial charge is 0.223 e. The number of hydrogen-bond donors (Lipinski definition) is 1. The number of pyridine rings is 1. The Hall–Kier alpha value is -2.71. The van der Waals surface area contributed by atoms with E-state index in [1.807, 2.05) is 12.1 Å². The summed E-state index contributed by atoms with van der Waals surface area (Å²) in [4.78, 5) is 27.0. The zero-order valence-electron chi connectivity index (χ0n) is 17.6. The normalized spacial score (nSPS) is 23.3. The summed E-state index contributed by atoms with van der Waals surface area (Å²) in [5, 5.41) is 4.16. The fourth-order valence-electron chi connectivity index (χ4n) is 4.46. The van der Waals surface area contributed by atoms with Crippen LogP contribution < -0.4 is 5.73 Å². The second-order valence-electron chi connectivity index (χ2n) is 8.67. The minimum absolute atomic E-state index is 0.130. The van der Waals surface area contributed by atoms with E-state index in [9.17, 15) is 4.79 Å². The minimum Gasteiger partial charge on any atom is -0.374 e. The van der Waals surface area contributed by atoms with Gasteiger partial charge in [-0.15, -0.1) is 0 Å². The molecule has 158 valence electrons. The molecule has 1 fully saturated rings. The van der Waals surface area contributed by atoms with Gasteiger partial charge in [0.05, 0.1) is 24.8 Å². The molecule has 2 N–H and O–H groups in total. The molecule has 2 unspecified atom stereocenters. The third kappa shape index (κ3) is 3.97. The van der Waals surface area contributed by atoms with E-state index < -0.39 is 0 Å². The molecule has 0 aromatic carbocycles. The van der Waals surface area contributed by atoms with Crippen LogP contribution in [-0.2, 0) is 9.53 Å². The van der Waals surface area contributed by atoms with Gasteiger partial charge in [0.1, 0.15) is 5.78 Å². The molecule has 30 heavy (non-hydrogen) atoms. The molecule has 8 nitrogen and oxygen atoms in total. The summed E-state index contributed by atoms with van der Waals surface area (Å²) >= 11 is 0. The predicted octanol–water partition coefficient (Wildman–Crippen LogP) is 2.70. The number of aliphatic imine (C=N–C) groups is 1. The van der Waals surface area contributed by atoms with Crippen LogP contribution in [0.3, 0.4) is 0 Å². The predicted molar refractivity (Wildman–Crippen MR) is 112 cm³/mol. The molecule has 0 radical (unpaired) electrons. The third-order valence-electron chi connectivity index (χ3n) is 5.57. The molecule has 3 heterocycles.